The molecule has 0 aliphatic heterocycles. The van der Waals surface area contributed by atoms with Crippen LogP contribution in [0.15, 0.2) is 42.5 Å². The van der Waals surface area contributed by atoms with Gasteiger partial charge in [0, 0.05) is 24.4 Å². The van der Waals surface area contributed by atoms with E-state index in [1.165, 1.54) is 12.1 Å². The Morgan fingerprint density at radius 1 is 1.16 bits per heavy atom. The van der Waals surface area contributed by atoms with Gasteiger partial charge < -0.3 is 9.47 Å². The second-order valence-electron chi connectivity index (χ2n) is 7.46. The summed E-state index contributed by atoms with van der Waals surface area (Å²) in [5, 5.41) is 15.6. The molecule has 0 saturated carbocycles. The Hall–Kier alpha value is -3.94. The van der Waals surface area contributed by atoms with Crippen LogP contribution in [-0.2, 0) is 13.7 Å². The molecule has 0 amide bonds. The maximum atomic E-state index is 12.7. The maximum Gasteiger partial charge on any atom is 0.311 e. The first-order chi connectivity index (χ1) is 15.2. The molecule has 0 fully saturated rings. The van der Waals surface area contributed by atoms with Crippen LogP contribution in [0.4, 0.5) is 5.69 Å². The third-order valence-corrected chi connectivity index (χ3v) is 5.18. The molecule has 0 aliphatic carbocycles. The van der Waals surface area contributed by atoms with E-state index in [1.807, 2.05) is 19.1 Å². The number of nitro benzene ring substituents is 1. The molecule has 8 nitrogen and oxygen atoms in total. The summed E-state index contributed by atoms with van der Waals surface area (Å²) in [6, 6.07) is 10.2. The van der Waals surface area contributed by atoms with E-state index in [9.17, 15) is 14.9 Å². The Bertz CT molecular complexity index is 1210. The molecule has 3 aromatic rings. The normalized spacial score (nSPS) is 11.0. The molecule has 0 atom stereocenters. The summed E-state index contributed by atoms with van der Waals surface area (Å²) in [5.41, 5.74) is 4.24. The number of carbonyl (C=O) groups excluding carboxylic acids is 1. The molecular formula is C24H25N3O5. The van der Waals surface area contributed by atoms with Gasteiger partial charge in [-0.3, -0.25) is 19.6 Å². The fourth-order valence-corrected chi connectivity index (χ4v) is 3.45. The number of carbonyl (C=O) groups is 1. The lowest BCUT2D eigenvalue weighted by molar-refractivity contribution is -0.386. The minimum atomic E-state index is -0.466. The highest BCUT2D eigenvalue weighted by Gasteiger charge is 2.17. The van der Waals surface area contributed by atoms with E-state index in [-0.39, 0.29) is 23.8 Å². The van der Waals surface area contributed by atoms with Crippen LogP contribution in [0.25, 0.3) is 6.08 Å². The van der Waals surface area contributed by atoms with E-state index in [4.69, 9.17) is 9.47 Å². The number of methoxy groups -OCH3 is 1. The van der Waals surface area contributed by atoms with Crippen LogP contribution in [0.2, 0.25) is 0 Å². The van der Waals surface area contributed by atoms with Crippen molar-refractivity contribution < 1.29 is 19.2 Å². The Morgan fingerprint density at radius 3 is 2.50 bits per heavy atom. The topological polar surface area (TPSA) is 96.5 Å². The zero-order valence-corrected chi connectivity index (χ0v) is 18.7. The number of allylic oxidation sites excluding steroid dienone is 1. The van der Waals surface area contributed by atoms with Gasteiger partial charge in [0.25, 0.3) is 0 Å². The molecule has 0 aliphatic rings. The molecule has 8 heteroatoms. The zero-order valence-electron chi connectivity index (χ0n) is 18.7. The van der Waals surface area contributed by atoms with Crippen molar-refractivity contribution >= 4 is 17.5 Å². The summed E-state index contributed by atoms with van der Waals surface area (Å²) in [4.78, 5) is 23.5. The van der Waals surface area contributed by atoms with Gasteiger partial charge in [-0.1, -0.05) is 18.2 Å². The highest BCUT2D eigenvalue weighted by molar-refractivity contribution is 6.08. The van der Waals surface area contributed by atoms with Crippen LogP contribution in [0.1, 0.15) is 38.4 Å². The van der Waals surface area contributed by atoms with Crippen LogP contribution in [0.3, 0.4) is 0 Å². The number of hydrogen-bond donors (Lipinski definition) is 0. The monoisotopic (exact) mass is 435 g/mol. The standard InChI is InChI=1S/C24H25N3O5/c1-15-6-10-23(20(12-15)27(29)30)32-14-19-13-18(8-11-22(19)31-5)7-9-21(28)24-16(2)25-26(4)17(24)3/h6-13H,14H2,1-5H3/b9-7+. The Labute approximate surface area is 186 Å². The van der Waals surface area contributed by atoms with E-state index >= 15 is 0 Å². The number of rotatable bonds is 8. The largest absolute Gasteiger partial charge is 0.496 e. The summed E-state index contributed by atoms with van der Waals surface area (Å²) < 4.78 is 12.8. The number of aromatic nitrogens is 2. The molecule has 0 N–H and O–H groups in total. The summed E-state index contributed by atoms with van der Waals surface area (Å²) in [6.07, 6.45) is 3.22. The number of ketones is 1. The molecule has 166 valence electrons. The van der Waals surface area contributed by atoms with E-state index in [1.54, 1.807) is 57.0 Å². The number of aryl methyl sites for hydroxylation is 3. The average molecular weight is 435 g/mol. The number of benzene rings is 2. The van der Waals surface area contributed by atoms with Gasteiger partial charge in [-0.2, -0.15) is 5.10 Å². The second-order valence-corrected chi connectivity index (χ2v) is 7.46. The highest BCUT2D eigenvalue weighted by Crippen LogP contribution is 2.30. The average Bonchev–Trinajstić information content (AvgIpc) is 3.02. The van der Waals surface area contributed by atoms with Gasteiger partial charge in [0.1, 0.15) is 12.4 Å². The predicted octanol–water partition coefficient (Wildman–Crippen LogP) is 4.74. The summed E-state index contributed by atoms with van der Waals surface area (Å²) in [6.45, 7) is 5.52. The van der Waals surface area contributed by atoms with E-state index in [2.05, 4.69) is 5.10 Å². The molecule has 0 radical (unpaired) electrons. The second kappa shape index (κ2) is 9.47. The fourth-order valence-electron chi connectivity index (χ4n) is 3.45. The predicted molar refractivity (Wildman–Crippen MR) is 121 cm³/mol. The molecule has 3 rings (SSSR count). The number of nitrogens with zero attached hydrogens (tertiary/aromatic N) is 3. The third-order valence-electron chi connectivity index (χ3n) is 5.18. The van der Waals surface area contributed by atoms with Crippen molar-refractivity contribution in [3.8, 4) is 11.5 Å². The van der Waals surface area contributed by atoms with Crippen LogP contribution >= 0.6 is 0 Å². The Balaban J connectivity index is 1.82. The molecule has 1 heterocycles. The Morgan fingerprint density at radius 2 is 1.88 bits per heavy atom. The van der Waals surface area contributed by atoms with Gasteiger partial charge in [0.05, 0.1) is 23.3 Å². The van der Waals surface area contributed by atoms with Gasteiger partial charge in [0.2, 0.25) is 0 Å². The maximum absolute atomic E-state index is 12.7. The van der Waals surface area contributed by atoms with Gasteiger partial charge in [-0.05, 0) is 56.2 Å². The first-order valence-electron chi connectivity index (χ1n) is 9.98. The van der Waals surface area contributed by atoms with Gasteiger partial charge in [0.15, 0.2) is 11.5 Å². The van der Waals surface area contributed by atoms with Gasteiger partial charge in [-0.25, -0.2) is 0 Å². The molecule has 0 bridgehead atoms. The molecule has 2 aromatic carbocycles. The molecule has 0 unspecified atom stereocenters. The molecular weight excluding hydrogens is 410 g/mol. The van der Waals surface area contributed by atoms with Crippen molar-refractivity contribution in [1.82, 2.24) is 9.78 Å². The summed E-state index contributed by atoms with van der Waals surface area (Å²) >= 11 is 0. The third kappa shape index (κ3) is 4.85. The van der Waals surface area contributed by atoms with Crippen LogP contribution < -0.4 is 9.47 Å². The van der Waals surface area contributed by atoms with Crippen LogP contribution in [0, 0.1) is 30.9 Å². The molecule has 32 heavy (non-hydrogen) atoms. The van der Waals surface area contributed by atoms with Gasteiger partial charge >= 0.3 is 5.69 Å². The quantitative estimate of drug-likeness (QED) is 0.219. The van der Waals surface area contributed by atoms with Crippen molar-refractivity contribution in [3.05, 3.63) is 86.2 Å². The first kappa shape index (κ1) is 22.7. The Kier molecular flexibility index (Phi) is 6.73. The van der Waals surface area contributed by atoms with Crippen LogP contribution in [0.5, 0.6) is 11.5 Å². The van der Waals surface area contributed by atoms with Crippen LogP contribution in [-0.4, -0.2) is 27.6 Å². The summed E-state index contributed by atoms with van der Waals surface area (Å²) in [5.74, 6) is 0.639. The fraction of sp³-hybridized carbons (Fsp3) is 0.250. The number of hydrogen-bond acceptors (Lipinski definition) is 6. The number of nitro groups is 1. The van der Waals surface area contributed by atoms with E-state index in [0.29, 0.717) is 22.6 Å². The molecule has 1 aromatic heterocycles. The SMILES string of the molecule is COc1ccc(/C=C/C(=O)c2c(C)nn(C)c2C)cc1COc1ccc(C)cc1[N+](=O)[O-]. The van der Waals surface area contributed by atoms with Gasteiger partial charge in [-0.15, -0.1) is 0 Å². The first-order valence-corrected chi connectivity index (χ1v) is 9.98. The lowest BCUT2D eigenvalue weighted by Gasteiger charge is -2.12. The lowest BCUT2D eigenvalue weighted by atomic mass is 10.1. The highest BCUT2D eigenvalue weighted by atomic mass is 16.6. The molecule has 0 spiro atoms. The van der Waals surface area contributed by atoms with E-state index in [0.717, 1.165) is 16.8 Å². The van der Waals surface area contributed by atoms with Crippen molar-refractivity contribution in [1.29, 1.82) is 0 Å². The van der Waals surface area contributed by atoms with Crippen molar-refractivity contribution in [3.63, 3.8) is 0 Å². The number of ether oxygens (including phenoxy) is 2. The van der Waals surface area contributed by atoms with E-state index < -0.39 is 4.92 Å². The van der Waals surface area contributed by atoms with Crippen molar-refractivity contribution in [2.24, 2.45) is 7.05 Å². The van der Waals surface area contributed by atoms with Crippen molar-refractivity contribution in [2.75, 3.05) is 7.11 Å². The lowest BCUT2D eigenvalue weighted by Crippen LogP contribution is -2.02. The summed E-state index contributed by atoms with van der Waals surface area (Å²) in [7, 11) is 3.34. The smallest absolute Gasteiger partial charge is 0.311 e. The zero-order chi connectivity index (χ0) is 23.4. The van der Waals surface area contributed by atoms with Crippen molar-refractivity contribution in [2.45, 2.75) is 27.4 Å². The molecule has 0 saturated heterocycles. The minimum Gasteiger partial charge on any atom is -0.496 e. The minimum absolute atomic E-state index is 0.0729.